The van der Waals surface area contributed by atoms with Gasteiger partial charge in [0.15, 0.2) is 5.65 Å². The van der Waals surface area contributed by atoms with Crippen LogP contribution in [0.15, 0.2) is 42.9 Å². The maximum atomic E-state index is 6.32. The van der Waals surface area contributed by atoms with E-state index < -0.39 is 0 Å². The third-order valence-corrected chi connectivity index (χ3v) is 5.71. The topological polar surface area (TPSA) is 75.7 Å². The highest BCUT2D eigenvalue weighted by molar-refractivity contribution is 5.85. The van der Waals surface area contributed by atoms with Gasteiger partial charge in [-0.15, -0.1) is 0 Å². The Morgan fingerprint density at radius 2 is 1.96 bits per heavy atom. The van der Waals surface area contributed by atoms with Crippen LogP contribution in [0.25, 0.3) is 11.0 Å². The van der Waals surface area contributed by atoms with Crippen LogP contribution >= 0.6 is 0 Å². The van der Waals surface area contributed by atoms with E-state index in [0.29, 0.717) is 18.1 Å². The van der Waals surface area contributed by atoms with Gasteiger partial charge in [0.25, 0.3) is 0 Å². The zero-order chi connectivity index (χ0) is 19.2. The van der Waals surface area contributed by atoms with E-state index in [1.165, 1.54) is 18.4 Å². The van der Waals surface area contributed by atoms with Gasteiger partial charge in [-0.3, -0.25) is 5.10 Å². The van der Waals surface area contributed by atoms with Crippen LogP contribution < -0.4 is 5.32 Å². The molecule has 0 radical (unpaired) electrons. The number of rotatable bonds is 8. The molecule has 0 aliphatic heterocycles. The van der Waals surface area contributed by atoms with Gasteiger partial charge >= 0.3 is 0 Å². The van der Waals surface area contributed by atoms with E-state index in [1.807, 2.05) is 0 Å². The number of hydrogen-bond acceptors (Lipinski definition) is 5. The fourth-order valence-corrected chi connectivity index (χ4v) is 4.03. The van der Waals surface area contributed by atoms with Gasteiger partial charge < -0.3 is 10.1 Å². The van der Waals surface area contributed by atoms with Gasteiger partial charge in [0.1, 0.15) is 12.1 Å². The molecule has 6 nitrogen and oxygen atoms in total. The lowest BCUT2D eigenvalue weighted by atomic mass is 9.87. The Morgan fingerprint density at radius 3 is 2.79 bits per heavy atom. The summed E-state index contributed by atoms with van der Waals surface area (Å²) >= 11 is 0. The Morgan fingerprint density at radius 1 is 1.14 bits per heavy atom. The first kappa shape index (κ1) is 18.9. The molecule has 0 amide bonds. The van der Waals surface area contributed by atoms with Crippen LogP contribution in [-0.4, -0.2) is 38.9 Å². The normalized spacial score (nSPS) is 20.9. The molecule has 0 saturated heterocycles. The first-order valence-corrected chi connectivity index (χ1v) is 10.4. The Hall–Kier alpha value is -2.47. The van der Waals surface area contributed by atoms with E-state index in [-0.39, 0.29) is 0 Å². The van der Waals surface area contributed by atoms with E-state index >= 15 is 0 Å². The van der Waals surface area contributed by atoms with Crippen molar-refractivity contribution in [3.05, 3.63) is 48.4 Å². The average molecular weight is 380 g/mol. The molecular weight excluding hydrogens is 350 g/mol. The number of nitrogens with one attached hydrogen (secondary N) is 2. The van der Waals surface area contributed by atoms with Gasteiger partial charge in [0.05, 0.1) is 23.8 Å². The van der Waals surface area contributed by atoms with Crippen LogP contribution in [-0.2, 0) is 11.2 Å². The monoisotopic (exact) mass is 379 g/mol. The molecule has 0 bridgehead atoms. The highest BCUT2D eigenvalue weighted by Gasteiger charge is 2.23. The standard InChI is InChI=1S/C22H29N5O/c1-16(7-8-17-5-3-2-4-6-17)28-19-11-9-18(10-12-19)13-23-21-20-14-26-27-22(20)25-15-24-21/h2-6,14-16,18-19H,7-13H2,1H3,(H2,23,24,25,26,27). The van der Waals surface area contributed by atoms with Crippen molar-refractivity contribution in [2.45, 2.75) is 57.7 Å². The fourth-order valence-electron chi connectivity index (χ4n) is 4.03. The van der Waals surface area contributed by atoms with Crippen LogP contribution in [0.2, 0.25) is 0 Å². The Kier molecular flexibility index (Phi) is 6.17. The first-order valence-electron chi connectivity index (χ1n) is 10.4. The molecule has 2 heterocycles. The number of hydrogen-bond donors (Lipinski definition) is 2. The van der Waals surface area contributed by atoms with Crippen LogP contribution in [0.3, 0.4) is 0 Å². The number of aromatic nitrogens is 4. The number of H-pyrrole nitrogens is 1. The van der Waals surface area contributed by atoms with Crippen molar-refractivity contribution in [3.8, 4) is 0 Å². The molecule has 2 N–H and O–H groups in total. The Labute approximate surface area is 166 Å². The summed E-state index contributed by atoms with van der Waals surface area (Å²) in [5.74, 6) is 1.53. The van der Waals surface area contributed by atoms with Crippen LogP contribution in [0, 0.1) is 5.92 Å². The van der Waals surface area contributed by atoms with Gasteiger partial charge in [-0.05, 0) is 56.9 Å². The molecule has 1 unspecified atom stereocenters. The fraction of sp³-hybridized carbons (Fsp3) is 0.500. The van der Waals surface area contributed by atoms with Gasteiger partial charge in [-0.2, -0.15) is 5.10 Å². The molecular formula is C22H29N5O. The third-order valence-electron chi connectivity index (χ3n) is 5.71. The molecule has 1 aliphatic carbocycles. The maximum Gasteiger partial charge on any atom is 0.160 e. The third kappa shape index (κ3) is 4.87. The van der Waals surface area contributed by atoms with Gasteiger partial charge in [0.2, 0.25) is 0 Å². The SMILES string of the molecule is CC(CCc1ccccc1)OC1CCC(CNc2ncnc3[nH]ncc23)CC1. The number of anilines is 1. The number of nitrogens with zero attached hydrogens (tertiary/aromatic N) is 3. The zero-order valence-corrected chi connectivity index (χ0v) is 16.5. The quantitative estimate of drug-likeness (QED) is 0.608. The molecule has 148 valence electrons. The molecule has 1 aromatic carbocycles. The molecule has 0 spiro atoms. The Balaban J connectivity index is 1.18. The summed E-state index contributed by atoms with van der Waals surface area (Å²) in [5.41, 5.74) is 2.17. The largest absolute Gasteiger partial charge is 0.375 e. The highest BCUT2D eigenvalue weighted by Crippen LogP contribution is 2.28. The average Bonchev–Trinajstić information content (AvgIpc) is 3.22. The number of ether oxygens (including phenoxy) is 1. The summed E-state index contributed by atoms with van der Waals surface area (Å²) in [5, 5.41) is 11.4. The smallest absolute Gasteiger partial charge is 0.160 e. The predicted octanol–water partition coefficient (Wildman–Crippen LogP) is 4.36. The van der Waals surface area contributed by atoms with Crippen molar-refractivity contribution in [1.29, 1.82) is 0 Å². The second-order valence-electron chi connectivity index (χ2n) is 7.85. The van der Waals surface area contributed by atoms with E-state index in [4.69, 9.17) is 4.74 Å². The van der Waals surface area contributed by atoms with Crippen molar-refractivity contribution < 1.29 is 4.74 Å². The van der Waals surface area contributed by atoms with Crippen molar-refractivity contribution in [2.24, 2.45) is 5.92 Å². The summed E-state index contributed by atoms with van der Waals surface area (Å²) in [6.07, 6.45) is 10.9. The highest BCUT2D eigenvalue weighted by atomic mass is 16.5. The molecule has 2 aromatic heterocycles. The lowest BCUT2D eigenvalue weighted by Gasteiger charge is -2.30. The van der Waals surface area contributed by atoms with E-state index in [0.717, 1.165) is 49.1 Å². The molecule has 3 aromatic rings. The van der Waals surface area contributed by atoms with Crippen molar-refractivity contribution in [1.82, 2.24) is 20.2 Å². The number of fused-ring (bicyclic) bond motifs is 1. The Bertz CT molecular complexity index is 858. The van der Waals surface area contributed by atoms with Crippen molar-refractivity contribution >= 4 is 16.9 Å². The van der Waals surface area contributed by atoms with Crippen LogP contribution in [0.1, 0.15) is 44.6 Å². The minimum Gasteiger partial charge on any atom is -0.375 e. The molecule has 28 heavy (non-hydrogen) atoms. The first-order chi connectivity index (χ1) is 13.8. The summed E-state index contributed by atoms with van der Waals surface area (Å²) in [6, 6.07) is 10.7. The summed E-state index contributed by atoms with van der Waals surface area (Å²) < 4.78 is 6.32. The minimum absolute atomic E-state index is 0.315. The van der Waals surface area contributed by atoms with Gasteiger partial charge in [-0.25, -0.2) is 9.97 Å². The van der Waals surface area contributed by atoms with E-state index in [2.05, 4.69) is 62.7 Å². The zero-order valence-electron chi connectivity index (χ0n) is 16.5. The lowest BCUT2D eigenvalue weighted by molar-refractivity contribution is -0.0302. The second-order valence-corrected chi connectivity index (χ2v) is 7.85. The summed E-state index contributed by atoms with van der Waals surface area (Å²) in [6.45, 7) is 3.15. The van der Waals surface area contributed by atoms with Crippen LogP contribution in [0.5, 0.6) is 0 Å². The van der Waals surface area contributed by atoms with Crippen LogP contribution in [0.4, 0.5) is 5.82 Å². The number of aromatic amines is 1. The summed E-state index contributed by atoms with van der Waals surface area (Å²) in [7, 11) is 0. The molecule has 1 saturated carbocycles. The van der Waals surface area contributed by atoms with Crippen molar-refractivity contribution in [3.63, 3.8) is 0 Å². The lowest BCUT2D eigenvalue weighted by Crippen LogP contribution is -2.28. The number of aryl methyl sites for hydroxylation is 1. The molecule has 1 aliphatic rings. The molecule has 4 rings (SSSR count). The van der Waals surface area contributed by atoms with E-state index in [1.54, 1.807) is 12.5 Å². The van der Waals surface area contributed by atoms with E-state index in [9.17, 15) is 0 Å². The maximum absolute atomic E-state index is 6.32. The molecule has 6 heteroatoms. The van der Waals surface area contributed by atoms with Gasteiger partial charge in [-0.1, -0.05) is 30.3 Å². The number of benzene rings is 1. The summed E-state index contributed by atoms with van der Waals surface area (Å²) in [4.78, 5) is 8.54. The predicted molar refractivity (Wildman–Crippen MR) is 111 cm³/mol. The van der Waals surface area contributed by atoms with Gasteiger partial charge in [0, 0.05) is 6.54 Å². The second kappa shape index (κ2) is 9.15. The minimum atomic E-state index is 0.315. The van der Waals surface area contributed by atoms with Crippen molar-refractivity contribution in [2.75, 3.05) is 11.9 Å². The molecule has 1 atom stereocenters. The molecule has 1 fully saturated rings.